The van der Waals surface area contributed by atoms with Gasteiger partial charge >= 0.3 is 12.0 Å². The zero-order valence-electron chi connectivity index (χ0n) is 13.3. The summed E-state index contributed by atoms with van der Waals surface area (Å²) < 4.78 is 0. The highest BCUT2D eigenvalue weighted by Gasteiger charge is 2.39. The highest BCUT2D eigenvalue weighted by molar-refractivity contribution is 6.04. The lowest BCUT2D eigenvalue weighted by molar-refractivity contribution is 0.0683. The van der Waals surface area contributed by atoms with Crippen molar-refractivity contribution in [1.82, 2.24) is 15.0 Å². The lowest BCUT2D eigenvalue weighted by Crippen LogP contribution is -2.56. The molecule has 2 aliphatic heterocycles. The molecule has 1 atom stereocenters. The highest BCUT2D eigenvalue weighted by atomic mass is 16.4. The Morgan fingerprint density at radius 3 is 2.92 bits per heavy atom. The van der Waals surface area contributed by atoms with Gasteiger partial charge in [0.2, 0.25) is 5.82 Å². The van der Waals surface area contributed by atoms with Crippen molar-refractivity contribution in [1.29, 1.82) is 0 Å². The number of pyridine rings is 1. The lowest BCUT2D eigenvalue weighted by Gasteiger charge is -2.45. The number of carboxylic acids is 1. The molecule has 2 aromatic rings. The second-order valence-electron chi connectivity index (χ2n) is 5.96. The minimum atomic E-state index is -1.22. The molecule has 2 N–H and O–H groups in total. The highest BCUT2D eigenvalue weighted by Crippen LogP contribution is 2.37. The number of amides is 2. The van der Waals surface area contributed by atoms with Crippen LogP contribution in [0.15, 0.2) is 30.6 Å². The summed E-state index contributed by atoms with van der Waals surface area (Å²) in [4.78, 5) is 39.9. The van der Waals surface area contributed by atoms with E-state index in [1.165, 1.54) is 11.1 Å². The first-order valence-electron chi connectivity index (χ1n) is 8.00. The smallest absolute Gasteiger partial charge is 0.374 e. The molecule has 4 heterocycles. The van der Waals surface area contributed by atoms with Crippen LogP contribution < -0.4 is 15.1 Å². The van der Waals surface area contributed by atoms with Gasteiger partial charge in [-0.2, -0.15) is 0 Å². The number of carboxylic acid groups (broad SMARTS) is 1. The molecule has 4 rings (SSSR count). The predicted octanol–water partition coefficient (Wildman–Crippen LogP) is 1.59. The van der Waals surface area contributed by atoms with E-state index in [-0.39, 0.29) is 17.9 Å². The van der Waals surface area contributed by atoms with E-state index < -0.39 is 5.97 Å². The summed E-state index contributed by atoms with van der Waals surface area (Å²) in [6, 6.07) is 4.79. The molecule has 2 bridgehead atoms. The van der Waals surface area contributed by atoms with E-state index in [1.807, 2.05) is 0 Å². The third-order valence-electron chi connectivity index (χ3n) is 4.39. The van der Waals surface area contributed by atoms with Gasteiger partial charge < -0.3 is 10.0 Å². The van der Waals surface area contributed by atoms with Crippen LogP contribution in [-0.2, 0) is 0 Å². The Balaban J connectivity index is 1.73. The van der Waals surface area contributed by atoms with Crippen LogP contribution in [0.5, 0.6) is 0 Å². The molecule has 25 heavy (non-hydrogen) atoms. The Kier molecular flexibility index (Phi) is 3.68. The van der Waals surface area contributed by atoms with Crippen molar-refractivity contribution in [2.24, 2.45) is 0 Å². The fourth-order valence-corrected chi connectivity index (χ4v) is 3.30. The van der Waals surface area contributed by atoms with E-state index >= 15 is 0 Å². The van der Waals surface area contributed by atoms with Gasteiger partial charge in [0.15, 0.2) is 5.82 Å². The molecule has 0 saturated carbocycles. The molecule has 1 fully saturated rings. The van der Waals surface area contributed by atoms with Crippen LogP contribution in [0.4, 0.5) is 22.1 Å². The average molecular weight is 340 g/mol. The number of nitrogens with zero attached hydrogens (tertiary/aromatic N) is 5. The Bertz CT molecular complexity index is 828. The molecule has 128 valence electrons. The second kappa shape index (κ2) is 6.00. The summed E-state index contributed by atoms with van der Waals surface area (Å²) >= 11 is 0. The van der Waals surface area contributed by atoms with Crippen LogP contribution in [0.1, 0.15) is 23.5 Å². The van der Waals surface area contributed by atoms with E-state index in [0.29, 0.717) is 23.9 Å². The number of carbonyl (C=O) groups excluding carboxylic acids is 1. The zero-order chi connectivity index (χ0) is 17.4. The molecular formula is C16H16N6O3. The first kappa shape index (κ1) is 15.3. The number of hydrogen-bond acceptors (Lipinski definition) is 6. The molecule has 1 saturated heterocycles. The average Bonchev–Trinajstić information content (AvgIpc) is 2.62. The molecule has 0 aromatic carbocycles. The quantitative estimate of drug-likeness (QED) is 0.854. The van der Waals surface area contributed by atoms with Crippen LogP contribution in [0.3, 0.4) is 0 Å². The maximum atomic E-state index is 12.9. The van der Waals surface area contributed by atoms with Gasteiger partial charge in [-0.15, -0.1) is 0 Å². The SMILES string of the molecule is O=C(O)c1ncc2c(n1)N(C(=O)Nc1ccccn1)[C@H]1CCCN2C1. The van der Waals surface area contributed by atoms with Crippen molar-refractivity contribution < 1.29 is 14.7 Å². The summed E-state index contributed by atoms with van der Waals surface area (Å²) in [5, 5.41) is 11.9. The number of nitrogens with one attached hydrogen (secondary N) is 1. The van der Waals surface area contributed by atoms with Gasteiger partial charge in [-0.05, 0) is 25.0 Å². The van der Waals surface area contributed by atoms with Crippen LogP contribution >= 0.6 is 0 Å². The number of carbonyl (C=O) groups is 2. The molecule has 0 spiro atoms. The van der Waals surface area contributed by atoms with Gasteiger partial charge in [-0.25, -0.2) is 24.5 Å². The topological polar surface area (TPSA) is 112 Å². The normalized spacial score (nSPS) is 18.5. The number of urea groups is 1. The standard InChI is InChI=1S/C16H16N6O3/c23-15(24)13-18-8-11-14(20-13)22(10-4-3-7-21(11)9-10)16(25)19-12-5-1-2-6-17-12/h1-2,5-6,8,10H,3-4,7,9H2,(H,23,24)(H,17,19,25)/t10-/m0/s1. The largest absolute Gasteiger partial charge is 0.475 e. The van der Waals surface area contributed by atoms with Gasteiger partial charge in [-0.1, -0.05) is 6.07 Å². The van der Waals surface area contributed by atoms with Crippen molar-refractivity contribution in [3.05, 3.63) is 36.4 Å². The fraction of sp³-hybridized carbons (Fsp3) is 0.312. The van der Waals surface area contributed by atoms with E-state index in [4.69, 9.17) is 0 Å². The Labute approximate surface area is 143 Å². The molecule has 0 radical (unpaired) electrons. The lowest BCUT2D eigenvalue weighted by atomic mass is 10.0. The first-order valence-corrected chi connectivity index (χ1v) is 8.00. The summed E-state index contributed by atoms with van der Waals surface area (Å²) in [7, 11) is 0. The summed E-state index contributed by atoms with van der Waals surface area (Å²) in [6.07, 6.45) is 4.84. The van der Waals surface area contributed by atoms with Crippen LogP contribution in [-0.4, -0.2) is 51.2 Å². The maximum absolute atomic E-state index is 12.9. The minimum Gasteiger partial charge on any atom is -0.475 e. The van der Waals surface area contributed by atoms with Crippen molar-refractivity contribution in [3.63, 3.8) is 0 Å². The number of rotatable bonds is 2. The van der Waals surface area contributed by atoms with E-state index in [1.54, 1.807) is 24.4 Å². The third kappa shape index (κ3) is 2.73. The van der Waals surface area contributed by atoms with Gasteiger partial charge in [0.05, 0.1) is 17.9 Å². The Hall–Kier alpha value is -3.23. The monoisotopic (exact) mass is 340 g/mol. The number of anilines is 3. The molecule has 2 aromatic heterocycles. The second-order valence-corrected chi connectivity index (χ2v) is 5.96. The van der Waals surface area contributed by atoms with E-state index in [2.05, 4.69) is 25.2 Å². The maximum Gasteiger partial charge on any atom is 0.374 e. The van der Waals surface area contributed by atoms with Crippen molar-refractivity contribution in [2.75, 3.05) is 28.2 Å². The fourth-order valence-electron chi connectivity index (χ4n) is 3.30. The van der Waals surface area contributed by atoms with Crippen molar-refractivity contribution in [2.45, 2.75) is 18.9 Å². The number of aromatic nitrogens is 3. The van der Waals surface area contributed by atoms with Gasteiger partial charge in [0.1, 0.15) is 5.82 Å². The van der Waals surface area contributed by atoms with Crippen LogP contribution in [0.25, 0.3) is 0 Å². The summed E-state index contributed by atoms with van der Waals surface area (Å²) in [5.74, 6) is -0.786. The van der Waals surface area contributed by atoms with Crippen molar-refractivity contribution in [3.8, 4) is 0 Å². The van der Waals surface area contributed by atoms with Gasteiger partial charge in [-0.3, -0.25) is 10.2 Å². The molecule has 0 aliphatic carbocycles. The molecule has 2 amide bonds. The number of aromatic carboxylic acids is 1. The summed E-state index contributed by atoms with van der Waals surface area (Å²) in [6.45, 7) is 1.52. The molecule has 0 unspecified atom stereocenters. The Morgan fingerprint density at radius 2 is 2.16 bits per heavy atom. The molecule has 2 aliphatic rings. The van der Waals surface area contributed by atoms with Gasteiger partial charge in [0, 0.05) is 19.3 Å². The molecule has 9 heteroatoms. The number of hydrogen-bond donors (Lipinski definition) is 2. The van der Waals surface area contributed by atoms with Crippen LogP contribution in [0, 0.1) is 0 Å². The number of fused-ring (bicyclic) bond motifs is 4. The van der Waals surface area contributed by atoms with E-state index in [9.17, 15) is 14.7 Å². The third-order valence-corrected chi connectivity index (χ3v) is 4.39. The zero-order valence-corrected chi connectivity index (χ0v) is 13.3. The molecule has 9 nitrogen and oxygen atoms in total. The predicted molar refractivity (Wildman–Crippen MR) is 90.0 cm³/mol. The van der Waals surface area contributed by atoms with E-state index in [0.717, 1.165) is 19.4 Å². The van der Waals surface area contributed by atoms with Gasteiger partial charge in [0.25, 0.3) is 0 Å². The molecular weight excluding hydrogens is 324 g/mol. The Morgan fingerprint density at radius 1 is 1.28 bits per heavy atom. The number of piperidine rings is 1. The minimum absolute atomic E-state index is 0.0680. The first-order chi connectivity index (χ1) is 12.1. The summed E-state index contributed by atoms with van der Waals surface area (Å²) in [5.41, 5.74) is 0.678. The van der Waals surface area contributed by atoms with Crippen LogP contribution in [0.2, 0.25) is 0 Å². The van der Waals surface area contributed by atoms with Crippen molar-refractivity contribution >= 4 is 29.3 Å².